The molecule has 4 N–H and O–H groups in total. The lowest BCUT2D eigenvalue weighted by atomic mass is 10.1. The van der Waals surface area contributed by atoms with Gasteiger partial charge in [-0.2, -0.15) is 0 Å². The zero-order valence-corrected chi connectivity index (χ0v) is 19.4. The van der Waals surface area contributed by atoms with Crippen molar-refractivity contribution >= 4 is 29.2 Å². The third kappa shape index (κ3) is 5.71. The number of nitrogen functional groups attached to an aromatic ring is 1. The second-order valence-electron chi connectivity index (χ2n) is 8.63. The van der Waals surface area contributed by atoms with E-state index in [1.165, 1.54) is 35.9 Å². The average Bonchev–Trinajstić information content (AvgIpc) is 2.76. The first kappa shape index (κ1) is 24.3. The van der Waals surface area contributed by atoms with Crippen LogP contribution in [0.25, 0.3) is 0 Å². The molecule has 0 radical (unpaired) electrons. The van der Waals surface area contributed by atoms with E-state index in [9.17, 15) is 19.2 Å². The van der Waals surface area contributed by atoms with Crippen molar-refractivity contribution in [1.82, 2.24) is 9.55 Å². The second-order valence-corrected chi connectivity index (χ2v) is 8.63. The highest BCUT2D eigenvalue weighted by atomic mass is 16.6. The van der Waals surface area contributed by atoms with Gasteiger partial charge in [-0.1, -0.05) is 30.3 Å². The van der Waals surface area contributed by atoms with Crippen molar-refractivity contribution in [2.24, 2.45) is 0 Å². The first-order chi connectivity index (χ1) is 16.0. The Kier molecular flexibility index (Phi) is 6.90. The summed E-state index contributed by atoms with van der Waals surface area (Å²) in [6.45, 7) is 5.38. The van der Waals surface area contributed by atoms with Crippen LogP contribution in [0.3, 0.4) is 0 Å². The largest absolute Gasteiger partial charge is 0.444 e. The topological polar surface area (TPSA) is 140 Å². The fraction of sp³-hybridized carbons (Fsp3) is 0.250. The number of nitrogens with one attached hydrogen (secondary N) is 2. The number of rotatable bonds is 5. The van der Waals surface area contributed by atoms with Gasteiger partial charge in [0.25, 0.3) is 11.5 Å². The summed E-state index contributed by atoms with van der Waals surface area (Å²) in [4.78, 5) is 53.2. The lowest BCUT2D eigenvalue weighted by molar-refractivity contribution is 0.0636. The summed E-state index contributed by atoms with van der Waals surface area (Å²) in [6.07, 6.45) is -0.622. The molecule has 178 valence electrons. The van der Waals surface area contributed by atoms with Crippen LogP contribution >= 0.6 is 0 Å². The maximum Gasteiger partial charge on any atom is 0.412 e. The number of nitrogens with zero attached hydrogens (tertiary/aromatic N) is 2. The van der Waals surface area contributed by atoms with Gasteiger partial charge in [-0.3, -0.25) is 24.5 Å². The first-order valence-electron chi connectivity index (χ1n) is 10.5. The molecule has 0 unspecified atom stereocenters. The van der Waals surface area contributed by atoms with Gasteiger partial charge in [-0.25, -0.2) is 9.59 Å². The van der Waals surface area contributed by atoms with E-state index in [1.807, 2.05) is 30.3 Å². The number of aromatic nitrogens is 2. The molecule has 0 aliphatic heterocycles. The summed E-state index contributed by atoms with van der Waals surface area (Å²) in [5.41, 5.74) is 5.42. The lowest BCUT2D eigenvalue weighted by Crippen LogP contribution is -2.39. The Morgan fingerprint density at radius 3 is 2.26 bits per heavy atom. The van der Waals surface area contributed by atoms with E-state index in [1.54, 1.807) is 20.8 Å². The Morgan fingerprint density at radius 2 is 1.68 bits per heavy atom. The number of benzene rings is 2. The molecule has 34 heavy (non-hydrogen) atoms. The Hall–Kier alpha value is -4.34. The van der Waals surface area contributed by atoms with Crippen molar-refractivity contribution in [1.29, 1.82) is 0 Å². The van der Waals surface area contributed by atoms with E-state index in [4.69, 9.17) is 10.5 Å². The minimum atomic E-state index is -0.772. The summed E-state index contributed by atoms with van der Waals surface area (Å²) < 4.78 is 6.40. The number of nitrogens with two attached hydrogens (primary N) is 1. The van der Waals surface area contributed by atoms with Gasteiger partial charge < -0.3 is 15.4 Å². The Labute approximate surface area is 196 Å². The lowest BCUT2D eigenvalue weighted by Gasteiger charge is -2.21. The average molecular weight is 466 g/mol. The van der Waals surface area contributed by atoms with Crippen LogP contribution in [0.15, 0.2) is 64.2 Å². The molecule has 3 rings (SSSR count). The second kappa shape index (κ2) is 9.65. The van der Waals surface area contributed by atoms with Gasteiger partial charge in [-0.05, 0) is 50.6 Å². The van der Waals surface area contributed by atoms with Crippen LogP contribution in [0.4, 0.5) is 22.0 Å². The molecule has 1 heterocycles. The zero-order valence-electron chi connectivity index (χ0n) is 19.4. The molecule has 0 aliphatic carbocycles. The zero-order chi connectivity index (χ0) is 25.0. The molecule has 0 saturated heterocycles. The van der Waals surface area contributed by atoms with E-state index in [-0.39, 0.29) is 23.6 Å². The number of carbonyl (C=O) groups is 2. The van der Waals surface area contributed by atoms with Crippen molar-refractivity contribution in [3.8, 4) is 0 Å². The van der Waals surface area contributed by atoms with Gasteiger partial charge in [0.1, 0.15) is 11.4 Å². The van der Waals surface area contributed by atoms with Crippen LogP contribution in [0.1, 0.15) is 36.7 Å². The summed E-state index contributed by atoms with van der Waals surface area (Å²) in [5, 5.41) is 2.58. The number of hydrogen-bond acceptors (Lipinski definition) is 6. The SMILES string of the molecule is CN(C(=O)c1ccc(NC(=O)OC(C)(C)C)cc1)c1c(N)n(Cc2ccccc2)c(=O)[nH]c1=O. The van der Waals surface area contributed by atoms with E-state index < -0.39 is 28.9 Å². The summed E-state index contributed by atoms with van der Waals surface area (Å²) in [7, 11) is 1.40. The first-order valence-corrected chi connectivity index (χ1v) is 10.5. The third-order valence-corrected chi connectivity index (χ3v) is 4.81. The highest BCUT2D eigenvalue weighted by molar-refractivity contribution is 6.07. The third-order valence-electron chi connectivity index (χ3n) is 4.81. The molecule has 2 amide bonds. The quantitative estimate of drug-likeness (QED) is 0.529. The number of carbonyl (C=O) groups excluding carboxylic acids is 2. The van der Waals surface area contributed by atoms with E-state index >= 15 is 0 Å². The molecule has 0 saturated carbocycles. The van der Waals surface area contributed by atoms with Crippen molar-refractivity contribution in [3.63, 3.8) is 0 Å². The van der Waals surface area contributed by atoms with Gasteiger partial charge in [-0.15, -0.1) is 0 Å². The van der Waals surface area contributed by atoms with Crippen molar-refractivity contribution < 1.29 is 14.3 Å². The molecular weight excluding hydrogens is 438 g/mol. The van der Waals surface area contributed by atoms with Crippen LogP contribution in [0.5, 0.6) is 0 Å². The smallest absolute Gasteiger partial charge is 0.412 e. The fourth-order valence-electron chi connectivity index (χ4n) is 3.24. The van der Waals surface area contributed by atoms with E-state index in [0.29, 0.717) is 5.69 Å². The molecule has 0 bridgehead atoms. The van der Waals surface area contributed by atoms with Crippen LogP contribution in [0.2, 0.25) is 0 Å². The number of ether oxygens (including phenoxy) is 1. The molecule has 0 spiro atoms. The molecule has 3 aromatic rings. The molecule has 10 nitrogen and oxygen atoms in total. The van der Waals surface area contributed by atoms with Crippen LogP contribution in [0, 0.1) is 0 Å². The Balaban J connectivity index is 1.84. The predicted molar refractivity (Wildman–Crippen MR) is 130 cm³/mol. The highest BCUT2D eigenvalue weighted by Gasteiger charge is 2.22. The number of hydrogen-bond donors (Lipinski definition) is 3. The maximum absolute atomic E-state index is 13.0. The molecule has 0 fully saturated rings. The van der Waals surface area contributed by atoms with Crippen molar-refractivity contribution in [2.75, 3.05) is 23.0 Å². The number of amides is 2. The normalized spacial score (nSPS) is 11.1. The van der Waals surface area contributed by atoms with Gasteiger partial charge in [0.15, 0.2) is 5.69 Å². The molecular formula is C24H27N5O5. The Bertz CT molecular complexity index is 1300. The molecule has 1 aromatic heterocycles. The molecule has 10 heteroatoms. The van der Waals surface area contributed by atoms with Crippen LogP contribution < -0.4 is 27.2 Å². The predicted octanol–water partition coefficient (Wildman–Crippen LogP) is 2.79. The fourth-order valence-corrected chi connectivity index (χ4v) is 3.24. The van der Waals surface area contributed by atoms with Crippen molar-refractivity contribution in [3.05, 3.63) is 86.6 Å². The summed E-state index contributed by atoms with van der Waals surface area (Å²) in [6, 6.07) is 15.2. The summed E-state index contributed by atoms with van der Waals surface area (Å²) in [5.74, 6) is -0.650. The number of H-pyrrole nitrogens is 1. The summed E-state index contributed by atoms with van der Waals surface area (Å²) >= 11 is 0. The highest BCUT2D eigenvalue weighted by Crippen LogP contribution is 2.20. The van der Waals surface area contributed by atoms with Gasteiger partial charge in [0.05, 0.1) is 6.54 Å². The van der Waals surface area contributed by atoms with E-state index in [2.05, 4.69) is 10.3 Å². The number of aromatic amines is 1. The number of anilines is 3. The minimum Gasteiger partial charge on any atom is -0.444 e. The standard InChI is InChI=1S/C24H27N5O5/c1-24(2,3)34-23(33)26-17-12-10-16(11-13-17)21(31)28(4)18-19(25)29(22(32)27-20(18)30)14-15-8-6-5-7-9-15/h5-13H,14,25H2,1-4H3,(H,26,33)(H,27,30,32). The molecule has 2 aromatic carbocycles. The monoisotopic (exact) mass is 465 g/mol. The van der Waals surface area contributed by atoms with Gasteiger partial charge in [0, 0.05) is 18.3 Å². The maximum atomic E-state index is 13.0. The van der Waals surface area contributed by atoms with Crippen LogP contribution in [-0.2, 0) is 11.3 Å². The molecule has 0 atom stereocenters. The van der Waals surface area contributed by atoms with E-state index in [0.717, 1.165) is 10.5 Å². The van der Waals surface area contributed by atoms with Crippen LogP contribution in [-0.4, -0.2) is 34.2 Å². The van der Waals surface area contributed by atoms with Crippen molar-refractivity contribution in [2.45, 2.75) is 32.9 Å². The minimum absolute atomic E-state index is 0.127. The Morgan fingerprint density at radius 1 is 1.06 bits per heavy atom. The van der Waals surface area contributed by atoms with Gasteiger partial charge in [0.2, 0.25) is 0 Å². The molecule has 0 aliphatic rings. The van der Waals surface area contributed by atoms with Gasteiger partial charge >= 0.3 is 11.8 Å².